The van der Waals surface area contributed by atoms with E-state index in [2.05, 4.69) is 21.3 Å². The molecule has 1 saturated heterocycles. The van der Waals surface area contributed by atoms with Gasteiger partial charge in [0.05, 0.1) is 37.1 Å². The van der Waals surface area contributed by atoms with Crippen molar-refractivity contribution in [1.29, 1.82) is 5.26 Å². The molecule has 1 atom stereocenters. The Bertz CT molecular complexity index is 1110. The van der Waals surface area contributed by atoms with Gasteiger partial charge in [0.1, 0.15) is 10.8 Å². The lowest BCUT2D eigenvalue weighted by atomic mass is 10.2. The van der Waals surface area contributed by atoms with E-state index in [0.29, 0.717) is 23.0 Å². The van der Waals surface area contributed by atoms with Gasteiger partial charge in [-0.25, -0.2) is 19.0 Å². The zero-order valence-corrected chi connectivity index (χ0v) is 18.4. The molecule has 0 aromatic carbocycles. The highest BCUT2D eigenvalue weighted by Crippen LogP contribution is 2.42. The van der Waals surface area contributed by atoms with Gasteiger partial charge in [-0.2, -0.15) is 15.5 Å². The average Bonchev–Trinajstić information content (AvgIpc) is 3.04. The van der Waals surface area contributed by atoms with Crippen LogP contribution in [0.25, 0.3) is 16.9 Å². The summed E-state index contributed by atoms with van der Waals surface area (Å²) < 4.78 is 8.72. The Balaban J connectivity index is 0.00000124. The average molecular weight is 430 g/mol. The van der Waals surface area contributed by atoms with E-state index in [0.717, 1.165) is 5.56 Å². The van der Waals surface area contributed by atoms with Crippen LogP contribution in [0, 0.1) is 11.3 Å². The van der Waals surface area contributed by atoms with Crippen LogP contribution in [0.3, 0.4) is 0 Å². The summed E-state index contributed by atoms with van der Waals surface area (Å²) in [6.45, 7) is 9.75. The van der Waals surface area contributed by atoms with Crippen LogP contribution in [0.15, 0.2) is 30.7 Å². The third-order valence-electron chi connectivity index (χ3n) is 4.42. The van der Waals surface area contributed by atoms with E-state index in [4.69, 9.17) is 16.3 Å². The number of carbonyl (C=O) groups is 1. The monoisotopic (exact) mass is 429 g/mol. The third kappa shape index (κ3) is 3.96. The number of hydrogen-bond donors (Lipinski definition) is 0. The highest BCUT2D eigenvalue weighted by atomic mass is 35.5. The van der Waals surface area contributed by atoms with Gasteiger partial charge in [-0.3, -0.25) is 4.90 Å². The number of fused-ring (bicyclic) bond motifs is 1. The number of nitrogens with zero attached hydrogens (tertiary/aromatic N) is 7. The predicted octanol–water partition coefficient (Wildman–Crippen LogP) is 4.09. The fraction of sp³-hybridized carbons (Fsp3) is 0.450. The number of hydrogen-bond acceptors (Lipinski definition) is 6. The first-order valence-electron chi connectivity index (χ1n) is 9.67. The highest BCUT2D eigenvalue weighted by molar-refractivity contribution is 6.29. The molecule has 1 aliphatic heterocycles. The minimum atomic E-state index is -0.852. The second kappa shape index (κ2) is 7.95. The number of nitriles is 1. The van der Waals surface area contributed by atoms with E-state index in [1.165, 1.54) is 4.90 Å². The quantitative estimate of drug-likeness (QED) is 0.459. The molecule has 0 bridgehead atoms. The van der Waals surface area contributed by atoms with E-state index < -0.39 is 17.4 Å². The zero-order chi connectivity index (χ0) is 22.1. The maximum absolute atomic E-state index is 12.5. The van der Waals surface area contributed by atoms with Crippen LogP contribution < -0.4 is 0 Å². The van der Waals surface area contributed by atoms with Crippen molar-refractivity contribution in [3.05, 3.63) is 35.9 Å². The topological polar surface area (TPSA) is 101 Å². The Morgan fingerprint density at radius 1 is 1.37 bits per heavy atom. The summed E-state index contributed by atoms with van der Waals surface area (Å²) in [7, 11) is 0. The molecule has 0 radical (unpaired) electrons. The summed E-state index contributed by atoms with van der Waals surface area (Å²) in [5, 5.41) is 18.3. The molecule has 4 rings (SSSR count). The minimum absolute atomic E-state index is 0.0989. The molecule has 30 heavy (non-hydrogen) atoms. The largest absolute Gasteiger partial charge is 0.444 e. The summed E-state index contributed by atoms with van der Waals surface area (Å²) >= 11 is 6.12. The van der Waals surface area contributed by atoms with E-state index in [-0.39, 0.29) is 6.42 Å². The lowest BCUT2D eigenvalue weighted by Crippen LogP contribution is -2.33. The molecule has 9 nitrogen and oxygen atoms in total. The van der Waals surface area contributed by atoms with E-state index >= 15 is 0 Å². The van der Waals surface area contributed by atoms with Gasteiger partial charge >= 0.3 is 6.09 Å². The molecule has 158 valence electrons. The Labute approximate surface area is 179 Å². The van der Waals surface area contributed by atoms with Gasteiger partial charge in [0.2, 0.25) is 0 Å². The number of halogens is 1. The van der Waals surface area contributed by atoms with Crippen molar-refractivity contribution in [3.63, 3.8) is 0 Å². The molecule has 1 amide bonds. The Kier molecular flexibility index (Phi) is 5.72. The second-order valence-electron chi connectivity index (χ2n) is 7.62. The molecule has 1 aliphatic rings. The van der Waals surface area contributed by atoms with Gasteiger partial charge in [0, 0.05) is 23.9 Å². The lowest BCUT2D eigenvalue weighted by molar-refractivity contribution is 0.0345. The normalized spacial score (nSPS) is 17.8. The van der Waals surface area contributed by atoms with Crippen LogP contribution in [0.1, 0.15) is 41.0 Å². The summed E-state index contributed by atoms with van der Waals surface area (Å²) in [6.07, 6.45) is 4.68. The van der Waals surface area contributed by atoms with Crippen molar-refractivity contribution in [2.75, 3.05) is 6.54 Å². The smallest absolute Gasteiger partial charge is 0.412 e. The van der Waals surface area contributed by atoms with Crippen LogP contribution in [0.5, 0.6) is 0 Å². The van der Waals surface area contributed by atoms with Crippen molar-refractivity contribution >= 4 is 23.3 Å². The molecule has 0 saturated carbocycles. The summed E-state index contributed by atoms with van der Waals surface area (Å²) in [5.41, 5.74) is 0.598. The fourth-order valence-corrected chi connectivity index (χ4v) is 3.29. The maximum atomic E-state index is 12.5. The molecule has 4 heterocycles. The first-order valence-corrected chi connectivity index (χ1v) is 10.0. The Morgan fingerprint density at radius 2 is 2.10 bits per heavy atom. The maximum Gasteiger partial charge on any atom is 0.412 e. The standard InChI is InChI=1S/C18H18ClN7O2.C2H6/c1-17(2,3)28-16(27)24-11-18(24,5-6-20)25-10-12(9-22-25)13-8-14(19)23-15-4-7-21-26(13)15;1-2/h4,7-10H,5,11H2,1-3H3;1-2H3. The molecule has 3 aromatic heterocycles. The van der Waals surface area contributed by atoms with Crippen molar-refractivity contribution in [3.8, 4) is 17.3 Å². The number of rotatable bonds is 3. The predicted molar refractivity (Wildman–Crippen MR) is 112 cm³/mol. The number of aromatic nitrogens is 5. The van der Waals surface area contributed by atoms with E-state index in [9.17, 15) is 10.1 Å². The summed E-state index contributed by atoms with van der Waals surface area (Å²) in [4.78, 5) is 18.2. The van der Waals surface area contributed by atoms with Crippen molar-refractivity contribution in [1.82, 2.24) is 29.3 Å². The first-order chi connectivity index (χ1) is 14.2. The number of carbonyl (C=O) groups excluding carboxylic acids is 1. The Morgan fingerprint density at radius 3 is 2.77 bits per heavy atom. The molecule has 1 unspecified atom stereocenters. The van der Waals surface area contributed by atoms with Gasteiger partial charge in [-0.15, -0.1) is 0 Å². The molecular weight excluding hydrogens is 406 g/mol. The molecule has 1 fully saturated rings. The van der Waals surface area contributed by atoms with Gasteiger partial charge in [0.15, 0.2) is 11.3 Å². The minimum Gasteiger partial charge on any atom is -0.444 e. The van der Waals surface area contributed by atoms with Gasteiger partial charge in [-0.1, -0.05) is 25.4 Å². The molecule has 0 N–H and O–H groups in total. The van der Waals surface area contributed by atoms with Crippen molar-refractivity contribution < 1.29 is 9.53 Å². The molecule has 0 aliphatic carbocycles. The fourth-order valence-electron chi connectivity index (χ4n) is 3.10. The van der Waals surface area contributed by atoms with Crippen LogP contribution in [0.4, 0.5) is 4.79 Å². The van der Waals surface area contributed by atoms with Gasteiger partial charge in [0.25, 0.3) is 0 Å². The highest BCUT2D eigenvalue weighted by Gasteiger charge is 2.59. The van der Waals surface area contributed by atoms with Crippen LogP contribution in [-0.2, 0) is 10.4 Å². The molecule has 0 spiro atoms. The van der Waals surface area contributed by atoms with Crippen molar-refractivity contribution in [2.45, 2.75) is 52.3 Å². The van der Waals surface area contributed by atoms with E-state index in [1.807, 2.05) is 13.8 Å². The molecular formula is C20H24ClN7O2. The van der Waals surface area contributed by atoms with Crippen LogP contribution in [-0.4, -0.2) is 47.5 Å². The van der Waals surface area contributed by atoms with Crippen LogP contribution >= 0.6 is 11.6 Å². The first kappa shape index (κ1) is 21.6. The lowest BCUT2D eigenvalue weighted by Gasteiger charge is -2.22. The summed E-state index contributed by atoms with van der Waals surface area (Å²) in [6, 6.07) is 5.59. The van der Waals surface area contributed by atoms with Gasteiger partial charge < -0.3 is 4.74 Å². The van der Waals surface area contributed by atoms with Gasteiger partial charge in [-0.05, 0) is 20.8 Å². The summed E-state index contributed by atoms with van der Waals surface area (Å²) in [5.74, 6) is 0. The number of ether oxygens (including phenoxy) is 1. The van der Waals surface area contributed by atoms with Crippen LogP contribution in [0.2, 0.25) is 5.15 Å². The SMILES string of the molecule is CC.CC(C)(C)OC(=O)N1CC1(CC#N)n1cc(-c2cc(Cl)nc3ccnn23)cn1. The Hall–Kier alpha value is -3.12. The van der Waals surface area contributed by atoms with Crippen molar-refractivity contribution in [2.24, 2.45) is 0 Å². The van der Waals surface area contributed by atoms with E-state index in [1.54, 1.807) is 60.7 Å². The second-order valence-corrected chi connectivity index (χ2v) is 8.01. The molecule has 3 aromatic rings. The molecule has 10 heteroatoms. The zero-order valence-electron chi connectivity index (χ0n) is 17.6. The third-order valence-corrected chi connectivity index (χ3v) is 4.61. The number of amides is 1.